The van der Waals surface area contributed by atoms with Crippen molar-refractivity contribution in [2.45, 2.75) is 39.2 Å². The molecule has 25 heavy (non-hydrogen) atoms. The van der Waals surface area contributed by atoms with Gasteiger partial charge in [-0.25, -0.2) is 0 Å². The van der Waals surface area contributed by atoms with Crippen molar-refractivity contribution in [1.82, 2.24) is 0 Å². The van der Waals surface area contributed by atoms with Crippen molar-refractivity contribution in [2.75, 3.05) is 10.6 Å². The maximum Gasteiger partial charge on any atom is 0.256 e. The molecule has 5 heteroatoms. The number of benzene rings is 2. The van der Waals surface area contributed by atoms with Gasteiger partial charge in [-0.1, -0.05) is 37.6 Å². The van der Waals surface area contributed by atoms with Crippen molar-refractivity contribution in [3.63, 3.8) is 0 Å². The molecule has 2 aromatic rings. The molecule has 0 heterocycles. The van der Waals surface area contributed by atoms with Crippen molar-refractivity contribution < 1.29 is 14.7 Å². The van der Waals surface area contributed by atoms with Gasteiger partial charge in [0.1, 0.15) is 5.60 Å². The van der Waals surface area contributed by atoms with Crippen LogP contribution in [0, 0.1) is 6.92 Å². The fourth-order valence-corrected chi connectivity index (χ4v) is 2.55. The van der Waals surface area contributed by atoms with Crippen molar-refractivity contribution in [1.29, 1.82) is 0 Å². The van der Waals surface area contributed by atoms with Gasteiger partial charge >= 0.3 is 0 Å². The zero-order valence-corrected chi connectivity index (χ0v) is 14.8. The molecule has 0 aromatic heterocycles. The molecule has 132 valence electrons. The molecule has 0 aliphatic heterocycles. The number of hydrogen-bond donors (Lipinski definition) is 3. The Morgan fingerprint density at radius 2 is 1.60 bits per heavy atom. The summed E-state index contributed by atoms with van der Waals surface area (Å²) in [5, 5.41) is 15.8. The lowest BCUT2D eigenvalue weighted by Crippen LogP contribution is -2.40. The number of carbonyl (C=O) groups is 2. The SMILES string of the molecule is CCCC(C)(O)C(=O)Nc1cccc(NC(=O)c2ccccc2)c1C. The normalized spacial score (nSPS) is 13.0. The highest BCUT2D eigenvalue weighted by molar-refractivity contribution is 6.05. The van der Waals surface area contributed by atoms with Crippen LogP contribution in [0.2, 0.25) is 0 Å². The van der Waals surface area contributed by atoms with Crippen molar-refractivity contribution in [3.05, 3.63) is 59.7 Å². The lowest BCUT2D eigenvalue weighted by atomic mass is 9.99. The molecule has 2 aromatic carbocycles. The van der Waals surface area contributed by atoms with Gasteiger partial charge in [-0.2, -0.15) is 0 Å². The summed E-state index contributed by atoms with van der Waals surface area (Å²) in [7, 11) is 0. The number of nitrogens with one attached hydrogen (secondary N) is 2. The number of hydrogen-bond acceptors (Lipinski definition) is 3. The molecular formula is C20H24N2O3. The van der Waals surface area contributed by atoms with E-state index in [4.69, 9.17) is 0 Å². The summed E-state index contributed by atoms with van der Waals surface area (Å²) in [6.07, 6.45) is 1.08. The molecule has 0 bridgehead atoms. The second-order valence-electron chi connectivity index (χ2n) is 6.28. The molecular weight excluding hydrogens is 316 g/mol. The molecule has 0 fully saturated rings. The quantitative estimate of drug-likeness (QED) is 0.749. The molecule has 0 saturated carbocycles. The largest absolute Gasteiger partial charge is 0.380 e. The Bertz CT molecular complexity index is 755. The summed E-state index contributed by atoms with van der Waals surface area (Å²) in [5.41, 5.74) is 1.04. The van der Waals surface area contributed by atoms with Crippen LogP contribution in [0.3, 0.4) is 0 Å². The van der Waals surface area contributed by atoms with E-state index in [1.165, 1.54) is 6.92 Å². The van der Waals surface area contributed by atoms with Crippen molar-refractivity contribution in [2.24, 2.45) is 0 Å². The molecule has 1 atom stereocenters. The number of carbonyl (C=O) groups excluding carboxylic acids is 2. The molecule has 0 aliphatic rings. The lowest BCUT2D eigenvalue weighted by Gasteiger charge is -2.22. The predicted molar refractivity (Wildman–Crippen MR) is 99.7 cm³/mol. The highest BCUT2D eigenvalue weighted by Crippen LogP contribution is 2.25. The average molecular weight is 340 g/mol. The minimum Gasteiger partial charge on any atom is -0.380 e. The van der Waals surface area contributed by atoms with E-state index in [-0.39, 0.29) is 5.91 Å². The van der Waals surface area contributed by atoms with Gasteiger partial charge < -0.3 is 15.7 Å². The van der Waals surface area contributed by atoms with Crippen LogP contribution in [0.15, 0.2) is 48.5 Å². The summed E-state index contributed by atoms with van der Waals surface area (Å²) in [6, 6.07) is 14.2. The molecule has 0 radical (unpaired) electrons. The highest BCUT2D eigenvalue weighted by Gasteiger charge is 2.29. The Balaban J connectivity index is 2.17. The first kappa shape index (κ1) is 18.7. The number of aliphatic hydroxyl groups is 1. The van der Waals surface area contributed by atoms with Gasteiger partial charge in [0.05, 0.1) is 0 Å². The first-order valence-electron chi connectivity index (χ1n) is 8.35. The van der Waals surface area contributed by atoms with Gasteiger partial charge in [0, 0.05) is 16.9 Å². The van der Waals surface area contributed by atoms with E-state index in [2.05, 4.69) is 10.6 Å². The van der Waals surface area contributed by atoms with E-state index in [1.807, 2.05) is 19.9 Å². The number of rotatable bonds is 6. The number of amides is 2. The molecule has 0 aliphatic carbocycles. The maximum absolute atomic E-state index is 12.3. The van der Waals surface area contributed by atoms with E-state index in [0.717, 1.165) is 5.56 Å². The predicted octanol–water partition coefficient (Wildman–Crippen LogP) is 3.74. The Labute approximate surface area is 148 Å². The van der Waals surface area contributed by atoms with Crippen LogP contribution in [0.25, 0.3) is 0 Å². The second-order valence-corrected chi connectivity index (χ2v) is 6.28. The lowest BCUT2D eigenvalue weighted by molar-refractivity contribution is -0.133. The zero-order chi connectivity index (χ0) is 18.4. The molecule has 3 N–H and O–H groups in total. The first-order valence-corrected chi connectivity index (χ1v) is 8.35. The van der Waals surface area contributed by atoms with Gasteiger partial charge in [-0.05, 0) is 50.1 Å². The van der Waals surface area contributed by atoms with Gasteiger partial charge in [-0.15, -0.1) is 0 Å². The maximum atomic E-state index is 12.3. The first-order chi connectivity index (χ1) is 11.8. The number of anilines is 2. The third kappa shape index (κ3) is 4.67. The second kappa shape index (κ2) is 7.94. The molecule has 1 unspecified atom stereocenters. The summed E-state index contributed by atoms with van der Waals surface area (Å²) < 4.78 is 0. The van der Waals surface area contributed by atoms with Crippen molar-refractivity contribution in [3.8, 4) is 0 Å². The van der Waals surface area contributed by atoms with Crippen LogP contribution < -0.4 is 10.6 Å². The molecule has 2 amide bonds. The minimum absolute atomic E-state index is 0.217. The van der Waals surface area contributed by atoms with E-state index >= 15 is 0 Å². The Hall–Kier alpha value is -2.66. The van der Waals surface area contributed by atoms with Gasteiger partial charge in [0.2, 0.25) is 0 Å². The topological polar surface area (TPSA) is 78.4 Å². The Kier molecular flexibility index (Phi) is 5.93. The molecule has 5 nitrogen and oxygen atoms in total. The monoisotopic (exact) mass is 340 g/mol. The van der Waals surface area contributed by atoms with Gasteiger partial charge in [-0.3, -0.25) is 9.59 Å². The Morgan fingerprint density at radius 3 is 2.20 bits per heavy atom. The minimum atomic E-state index is -1.43. The standard InChI is InChI=1S/C20H24N2O3/c1-4-13-20(3,25)19(24)22-17-12-8-11-16(14(17)2)21-18(23)15-9-6-5-7-10-15/h5-12,25H,4,13H2,1-3H3,(H,21,23)(H,22,24). The van der Waals surface area contributed by atoms with E-state index in [9.17, 15) is 14.7 Å². The average Bonchev–Trinajstić information content (AvgIpc) is 2.59. The molecule has 0 saturated heterocycles. The van der Waals surface area contributed by atoms with Crippen LogP contribution in [0.4, 0.5) is 11.4 Å². The van der Waals surface area contributed by atoms with E-state index in [0.29, 0.717) is 29.8 Å². The van der Waals surface area contributed by atoms with Crippen LogP contribution >= 0.6 is 0 Å². The third-order valence-corrected chi connectivity index (χ3v) is 4.09. The van der Waals surface area contributed by atoms with Gasteiger partial charge in [0.25, 0.3) is 11.8 Å². The summed E-state index contributed by atoms with van der Waals surface area (Å²) in [5.74, 6) is -0.672. The van der Waals surface area contributed by atoms with Crippen LogP contribution in [0.1, 0.15) is 42.6 Å². The molecule has 0 spiro atoms. The zero-order valence-electron chi connectivity index (χ0n) is 14.8. The highest BCUT2D eigenvalue weighted by atomic mass is 16.3. The van der Waals surface area contributed by atoms with Crippen LogP contribution in [-0.2, 0) is 4.79 Å². The summed E-state index contributed by atoms with van der Waals surface area (Å²) in [4.78, 5) is 24.6. The van der Waals surface area contributed by atoms with Crippen LogP contribution in [-0.4, -0.2) is 22.5 Å². The van der Waals surface area contributed by atoms with Crippen LogP contribution in [0.5, 0.6) is 0 Å². The fraction of sp³-hybridized carbons (Fsp3) is 0.300. The van der Waals surface area contributed by atoms with Crippen molar-refractivity contribution >= 4 is 23.2 Å². The Morgan fingerprint density at radius 1 is 1.00 bits per heavy atom. The summed E-state index contributed by atoms with van der Waals surface area (Å²) in [6.45, 7) is 5.22. The smallest absolute Gasteiger partial charge is 0.256 e. The summed E-state index contributed by atoms with van der Waals surface area (Å²) >= 11 is 0. The fourth-order valence-electron chi connectivity index (χ4n) is 2.55. The van der Waals surface area contributed by atoms with E-state index in [1.54, 1.807) is 42.5 Å². The molecule has 2 rings (SSSR count). The van der Waals surface area contributed by atoms with Gasteiger partial charge in [0.15, 0.2) is 0 Å². The third-order valence-electron chi connectivity index (χ3n) is 4.09. The van der Waals surface area contributed by atoms with E-state index < -0.39 is 11.5 Å².